The number of aliphatic hydroxyl groups is 1. The summed E-state index contributed by atoms with van der Waals surface area (Å²) in [6.45, 7) is 7.57. The van der Waals surface area contributed by atoms with Crippen molar-refractivity contribution in [3.8, 4) is 6.07 Å². The van der Waals surface area contributed by atoms with Crippen molar-refractivity contribution in [3.63, 3.8) is 0 Å². The molecule has 1 aliphatic carbocycles. The van der Waals surface area contributed by atoms with Crippen LogP contribution in [-0.4, -0.2) is 70.9 Å². The van der Waals surface area contributed by atoms with Crippen molar-refractivity contribution in [3.05, 3.63) is 69.9 Å². The maximum atomic E-state index is 13.5. The summed E-state index contributed by atoms with van der Waals surface area (Å²) in [5, 5.41) is 19.2. The molecule has 7 heteroatoms. The van der Waals surface area contributed by atoms with Crippen molar-refractivity contribution < 1.29 is 16.1 Å². The number of fused-ring (bicyclic) bond motifs is 4. The Kier molecular flexibility index (Phi) is 5.08. The largest absolute Gasteiger partial charge is 0.395 e. The van der Waals surface area contributed by atoms with E-state index in [1.165, 1.54) is 0 Å². The number of nitrogens with zero attached hydrogens (tertiary/aromatic N) is 3. The fraction of sp³-hybridized carbons (Fsp3) is 0.346. The Morgan fingerprint density at radius 3 is 2.64 bits per heavy atom. The normalized spacial score (nSPS) is 17.5. The van der Waals surface area contributed by atoms with Gasteiger partial charge >= 0.3 is 0 Å². The molecule has 1 aliphatic heterocycles. The van der Waals surface area contributed by atoms with E-state index in [9.17, 15) is 14.9 Å². The molecule has 2 aliphatic rings. The van der Waals surface area contributed by atoms with Gasteiger partial charge in [-0.25, -0.2) is 0 Å². The summed E-state index contributed by atoms with van der Waals surface area (Å²) >= 11 is 0. The number of aromatic amines is 1. The van der Waals surface area contributed by atoms with Gasteiger partial charge in [0, 0.05) is 67.3 Å². The molecule has 2 N–H and O–H groups in total. The molecule has 5 rings (SSSR count). The molecule has 0 unspecified atom stereocenters. The minimum atomic E-state index is -0.513. The molecule has 0 spiro atoms. The van der Waals surface area contributed by atoms with E-state index >= 15 is 0 Å². The molecule has 0 saturated carbocycles. The Bertz CT molecular complexity index is 1330. The highest BCUT2D eigenvalue weighted by atomic mass is 16.3. The second kappa shape index (κ2) is 7.84. The molecule has 7 nitrogen and oxygen atoms in total. The molecule has 1 amide bonds. The van der Waals surface area contributed by atoms with Gasteiger partial charge < -0.3 is 15.0 Å². The number of hydrogen-bond acceptors (Lipinski definition) is 5. The number of hydrogen-bond donors (Lipinski definition) is 2. The lowest BCUT2D eigenvalue weighted by Gasteiger charge is -2.35. The quantitative estimate of drug-likeness (QED) is 0.647. The van der Waals surface area contributed by atoms with Gasteiger partial charge in [-0.2, -0.15) is 5.26 Å². The lowest BCUT2D eigenvalue weighted by Crippen LogP contribution is -2.49. The average Bonchev–Trinajstić information content (AvgIpc) is 3.23. The predicted molar refractivity (Wildman–Crippen MR) is 127 cm³/mol. The second-order valence-electron chi connectivity index (χ2n) is 9.32. The van der Waals surface area contributed by atoms with Crippen LogP contribution >= 0.6 is 0 Å². The highest BCUT2D eigenvalue weighted by Crippen LogP contribution is 2.44. The van der Waals surface area contributed by atoms with Gasteiger partial charge in [0.15, 0.2) is 5.78 Å². The number of aromatic nitrogens is 1. The lowest BCUT2D eigenvalue weighted by molar-refractivity contribution is 0.0614. The van der Waals surface area contributed by atoms with Gasteiger partial charge in [-0.1, -0.05) is 19.9 Å². The second-order valence-corrected chi connectivity index (χ2v) is 9.32. The van der Waals surface area contributed by atoms with E-state index in [2.05, 4.69) is 29.8 Å². The number of carbonyl (C=O) groups is 2. The van der Waals surface area contributed by atoms with E-state index in [1.54, 1.807) is 24.3 Å². The van der Waals surface area contributed by atoms with Crippen molar-refractivity contribution in [2.45, 2.75) is 19.3 Å². The zero-order chi connectivity index (χ0) is 23.3. The lowest BCUT2D eigenvalue weighted by atomic mass is 9.71. The molecule has 33 heavy (non-hydrogen) atoms. The molecule has 2 aromatic carbocycles. The minimum Gasteiger partial charge on any atom is -0.395 e. The summed E-state index contributed by atoms with van der Waals surface area (Å²) in [4.78, 5) is 34.1. The van der Waals surface area contributed by atoms with Gasteiger partial charge in [0.1, 0.15) is 0 Å². The fourth-order valence-corrected chi connectivity index (χ4v) is 5.13. The van der Waals surface area contributed by atoms with E-state index in [-0.39, 0.29) is 19.7 Å². The maximum Gasteiger partial charge on any atom is 0.253 e. The number of benzene rings is 2. The first-order chi connectivity index (χ1) is 15.8. The molecule has 2 heterocycles. The van der Waals surface area contributed by atoms with Gasteiger partial charge in [-0.3, -0.25) is 14.5 Å². The summed E-state index contributed by atoms with van der Waals surface area (Å²) in [6, 6.07) is 12.9. The maximum absolute atomic E-state index is 13.5. The Morgan fingerprint density at radius 2 is 1.94 bits per heavy atom. The molecular formula is C26H28N4O3. The van der Waals surface area contributed by atoms with E-state index in [0.29, 0.717) is 41.9 Å². The van der Waals surface area contributed by atoms with E-state index in [1.807, 2.05) is 17.0 Å². The van der Waals surface area contributed by atoms with Crippen LogP contribution in [0.2, 0.25) is 0 Å². The van der Waals surface area contributed by atoms with Crippen LogP contribution in [0.4, 0.5) is 0 Å². The summed E-state index contributed by atoms with van der Waals surface area (Å²) in [7, 11) is 0. The van der Waals surface area contributed by atoms with E-state index < -0.39 is 5.41 Å². The van der Waals surface area contributed by atoms with Crippen molar-refractivity contribution in [2.75, 3.05) is 39.3 Å². The van der Waals surface area contributed by atoms with Crippen molar-refractivity contribution in [1.82, 2.24) is 14.8 Å². The molecule has 1 saturated heterocycles. The van der Waals surface area contributed by atoms with E-state index in [0.717, 1.165) is 35.2 Å². The summed E-state index contributed by atoms with van der Waals surface area (Å²) in [5.41, 5.74) is 4.27. The van der Waals surface area contributed by atoms with Crippen molar-refractivity contribution in [2.24, 2.45) is 0 Å². The third-order valence-corrected chi connectivity index (χ3v) is 7.04. The number of nitrogens with one attached hydrogen (secondary N) is 1. The zero-order valence-electron chi connectivity index (χ0n) is 18.8. The van der Waals surface area contributed by atoms with Crippen molar-refractivity contribution >= 4 is 22.6 Å². The molecule has 0 radical (unpaired) electrons. The Balaban J connectivity index is 0.00000274. The molecule has 1 fully saturated rings. The molecule has 170 valence electrons. The van der Waals surface area contributed by atoms with Crippen LogP contribution in [0, 0.1) is 11.3 Å². The van der Waals surface area contributed by atoms with Crippen LogP contribution in [0.3, 0.4) is 0 Å². The molecule has 1 aromatic heterocycles. The Hall–Kier alpha value is -3.47. The van der Waals surface area contributed by atoms with Crippen LogP contribution in [0.5, 0.6) is 0 Å². The van der Waals surface area contributed by atoms with E-state index in [4.69, 9.17) is 5.11 Å². The topological polar surface area (TPSA) is 100 Å². The standard InChI is InChI=1S/C26H26N4O3.H2/c1-26(2)20-14-17(25(33)30-9-7-29(8-10-30)11-12-31)4-6-18(20)23(32)22-19-5-3-16(15-27)13-21(19)28-24(22)26;/h3-6,13-14,28,31H,7-12H2,1-2H3;1H. The van der Waals surface area contributed by atoms with Crippen LogP contribution < -0.4 is 0 Å². The molecule has 3 aromatic rings. The minimum absolute atomic E-state index is 0. The number of β-amino-alcohol motifs (C(OH)–C–C–N with tert-alkyl or cyclic N) is 1. The average molecular weight is 445 g/mol. The Morgan fingerprint density at radius 1 is 1.18 bits per heavy atom. The molecular weight excluding hydrogens is 416 g/mol. The zero-order valence-corrected chi connectivity index (χ0v) is 18.8. The van der Waals surface area contributed by atoms with Crippen LogP contribution in [0.25, 0.3) is 10.9 Å². The number of carbonyl (C=O) groups excluding carboxylic acids is 2. The number of aliphatic hydroxyl groups excluding tert-OH is 1. The van der Waals surface area contributed by atoms with Crippen molar-refractivity contribution in [1.29, 1.82) is 5.26 Å². The van der Waals surface area contributed by atoms with Gasteiger partial charge in [0.2, 0.25) is 0 Å². The number of piperazine rings is 1. The van der Waals surface area contributed by atoms with Gasteiger partial charge in [-0.05, 0) is 35.9 Å². The monoisotopic (exact) mass is 444 g/mol. The Labute approximate surface area is 193 Å². The molecule has 0 bridgehead atoms. The first kappa shape index (κ1) is 21.4. The van der Waals surface area contributed by atoms with Crippen LogP contribution in [0.1, 0.15) is 58.4 Å². The number of ketones is 1. The number of nitriles is 1. The third-order valence-electron chi connectivity index (χ3n) is 7.04. The molecule has 0 atom stereocenters. The SMILES string of the molecule is CC1(C)c2cc(C(=O)N3CCN(CCO)CC3)ccc2C(=O)c2c1[nH]c1cc(C#N)ccc21.[HH]. The summed E-state index contributed by atoms with van der Waals surface area (Å²) < 4.78 is 0. The smallest absolute Gasteiger partial charge is 0.253 e. The fourth-order valence-electron chi connectivity index (χ4n) is 5.13. The first-order valence-corrected chi connectivity index (χ1v) is 11.2. The highest BCUT2D eigenvalue weighted by molar-refractivity contribution is 6.20. The van der Waals surface area contributed by atoms with Crippen LogP contribution in [-0.2, 0) is 5.41 Å². The summed E-state index contributed by atoms with van der Waals surface area (Å²) in [5.74, 6) is -0.0993. The van der Waals surface area contributed by atoms with Gasteiger partial charge in [0.25, 0.3) is 5.91 Å². The summed E-state index contributed by atoms with van der Waals surface area (Å²) in [6.07, 6.45) is 0. The third kappa shape index (κ3) is 3.34. The predicted octanol–water partition coefficient (Wildman–Crippen LogP) is 2.91. The van der Waals surface area contributed by atoms with Gasteiger partial charge in [0.05, 0.1) is 23.8 Å². The number of H-pyrrole nitrogens is 1. The number of rotatable bonds is 3. The van der Waals surface area contributed by atoms with Gasteiger partial charge in [-0.15, -0.1) is 0 Å². The number of amides is 1. The first-order valence-electron chi connectivity index (χ1n) is 11.2. The van der Waals surface area contributed by atoms with Crippen LogP contribution in [0.15, 0.2) is 36.4 Å². The highest BCUT2D eigenvalue weighted by Gasteiger charge is 2.40.